The van der Waals surface area contributed by atoms with Crippen molar-refractivity contribution in [3.63, 3.8) is 0 Å². The highest BCUT2D eigenvalue weighted by atomic mass is 16.5. The van der Waals surface area contributed by atoms with E-state index in [2.05, 4.69) is 16.1 Å². The second-order valence-electron chi connectivity index (χ2n) is 4.18. The number of rotatable bonds is 7. The van der Waals surface area contributed by atoms with Crippen LogP contribution < -0.4 is 5.32 Å². The van der Waals surface area contributed by atoms with Gasteiger partial charge in [0.1, 0.15) is 0 Å². The molecule has 0 aliphatic carbocycles. The van der Waals surface area contributed by atoms with Gasteiger partial charge < -0.3 is 10.1 Å². The summed E-state index contributed by atoms with van der Waals surface area (Å²) in [6.07, 6.45) is 2.22. The molecule has 0 rings (SSSR count). The molecular formula is C11H20N2O2. The van der Waals surface area contributed by atoms with Crippen molar-refractivity contribution < 1.29 is 9.53 Å². The van der Waals surface area contributed by atoms with Crippen molar-refractivity contribution in [2.75, 3.05) is 20.2 Å². The van der Waals surface area contributed by atoms with E-state index < -0.39 is 0 Å². The molecule has 0 aliphatic rings. The van der Waals surface area contributed by atoms with Crippen LogP contribution in [-0.2, 0) is 9.53 Å². The number of nitrogens with one attached hydrogen (secondary N) is 1. The Kier molecular flexibility index (Phi) is 6.72. The van der Waals surface area contributed by atoms with Crippen LogP contribution in [0.15, 0.2) is 0 Å². The van der Waals surface area contributed by atoms with Crippen LogP contribution >= 0.6 is 0 Å². The summed E-state index contributed by atoms with van der Waals surface area (Å²) in [7, 11) is 1.39. The van der Waals surface area contributed by atoms with Gasteiger partial charge in [-0.2, -0.15) is 5.26 Å². The molecule has 0 aromatic heterocycles. The average molecular weight is 212 g/mol. The Bertz CT molecular complexity index is 231. The first kappa shape index (κ1) is 13.9. The summed E-state index contributed by atoms with van der Waals surface area (Å²) >= 11 is 0. The molecule has 15 heavy (non-hydrogen) atoms. The monoisotopic (exact) mass is 212 g/mol. The molecule has 0 radical (unpaired) electrons. The Morgan fingerprint density at radius 1 is 1.47 bits per heavy atom. The molecular weight excluding hydrogens is 192 g/mol. The minimum atomic E-state index is -0.246. The van der Waals surface area contributed by atoms with Gasteiger partial charge >= 0.3 is 5.97 Å². The Morgan fingerprint density at radius 3 is 2.67 bits per heavy atom. The van der Waals surface area contributed by atoms with Crippen molar-refractivity contribution in [2.45, 2.75) is 33.1 Å². The first-order chi connectivity index (χ1) is 7.02. The van der Waals surface area contributed by atoms with Crippen LogP contribution in [0.4, 0.5) is 0 Å². The molecule has 0 spiro atoms. The first-order valence-electron chi connectivity index (χ1n) is 5.20. The molecule has 0 fully saturated rings. The van der Waals surface area contributed by atoms with Crippen LogP contribution in [0.25, 0.3) is 0 Å². The Morgan fingerprint density at radius 2 is 2.13 bits per heavy atom. The van der Waals surface area contributed by atoms with Crippen LogP contribution in [-0.4, -0.2) is 26.2 Å². The lowest BCUT2D eigenvalue weighted by molar-refractivity contribution is -0.140. The van der Waals surface area contributed by atoms with Crippen LogP contribution in [0.1, 0.15) is 33.1 Å². The van der Waals surface area contributed by atoms with Gasteiger partial charge in [-0.05, 0) is 33.2 Å². The summed E-state index contributed by atoms with van der Waals surface area (Å²) in [4.78, 5) is 10.7. The standard InChI is InChI=1S/C11H20N2O2/c1-11(2,9-12)6-4-7-13-8-5-10(14)15-3/h13H,4-8H2,1-3H3. The SMILES string of the molecule is COC(=O)CCNCCCC(C)(C)C#N. The van der Waals surface area contributed by atoms with E-state index >= 15 is 0 Å². The Labute approximate surface area is 91.6 Å². The van der Waals surface area contributed by atoms with Crippen LogP contribution in [0.3, 0.4) is 0 Å². The summed E-state index contributed by atoms with van der Waals surface area (Å²) < 4.78 is 4.51. The third-order valence-corrected chi connectivity index (χ3v) is 2.19. The fourth-order valence-corrected chi connectivity index (χ4v) is 1.13. The van der Waals surface area contributed by atoms with Crippen molar-refractivity contribution in [1.82, 2.24) is 5.32 Å². The number of esters is 1. The van der Waals surface area contributed by atoms with Gasteiger partial charge in [-0.1, -0.05) is 0 Å². The summed E-state index contributed by atoms with van der Waals surface area (Å²) in [5.74, 6) is -0.195. The third kappa shape index (κ3) is 7.95. The highest BCUT2D eigenvalue weighted by Crippen LogP contribution is 2.19. The summed E-state index contributed by atoms with van der Waals surface area (Å²) in [5, 5.41) is 11.9. The van der Waals surface area contributed by atoms with Gasteiger partial charge in [0.2, 0.25) is 0 Å². The molecule has 0 amide bonds. The zero-order valence-electron chi connectivity index (χ0n) is 9.80. The van der Waals surface area contributed by atoms with E-state index in [1.54, 1.807) is 0 Å². The van der Waals surface area contributed by atoms with E-state index in [-0.39, 0.29) is 11.4 Å². The number of ether oxygens (including phenoxy) is 1. The topological polar surface area (TPSA) is 62.1 Å². The fraction of sp³-hybridized carbons (Fsp3) is 0.818. The first-order valence-corrected chi connectivity index (χ1v) is 5.20. The molecule has 0 atom stereocenters. The maximum absolute atomic E-state index is 10.7. The second kappa shape index (κ2) is 7.24. The molecule has 4 heteroatoms. The molecule has 0 aliphatic heterocycles. The van der Waals surface area contributed by atoms with E-state index in [9.17, 15) is 4.79 Å². The van der Waals surface area contributed by atoms with Gasteiger partial charge in [-0.25, -0.2) is 0 Å². The molecule has 0 saturated heterocycles. The predicted molar refractivity (Wildman–Crippen MR) is 58.1 cm³/mol. The van der Waals surface area contributed by atoms with E-state index in [1.807, 2.05) is 13.8 Å². The maximum atomic E-state index is 10.7. The molecule has 4 nitrogen and oxygen atoms in total. The highest BCUT2D eigenvalue weighted by Gasteiger charge is 2.15. The van der Waals surface area contributed by atoms with Crippen molar-refractivity contribution >= 4 is 5.97 Å². The third-order valence-electron chi connectivity index (χ3n) is 2.19. The average Bonchev–Trinajstić information content (AvgIpc) is 2.22. The summed E-state index contributed by atoms with van der Waals surface area (Å²) in [6, 6.07) is 2.26. The second-order valence-corrected chi connectivity index (χ2v) is 4.18. The van der Waals surface area contributed by atoms with Crippen LogP contribution in [0.5, 0.6) is 0 Å². The summed E-state index contributed by atoms with van der Waals surface area (Å²) in [5.41, 5.74) is -0.246. The van der Waals surface area contributed by atoms with E-state index in [1.165, 1.54) is 7.11 Å². The minimum Gasteiger partial charge on any atom is -0.469 e. The summed E-state index contributed by atoms with van der Waals surface area (Å²) in [6.45, 7) is 5.34. The normalized spacial score (nSPS) is 10.8. The molecule has 0 unspecified atom stereocenters. The van der Waals surface area contributed by atoms with Crippen LogP contribution in [0.2, 0.25) is 0 Å². The van der Waals surface area contributed by atoms with Gasteiger partial charge in [0.25, 0.3) is 0 Å². The highest BCUT2D eigenvalue weighted by molar-refractivity contribution is 5.69. The van der Waals surface area contributed by atoms with Crippen molar-refractivity contribution in [3.05, 3.63) is 0 Å². The van der Waals surface area contributed by atoms with Crippen molar-refractivity contribution in [3.8, 4) is 6.07 Å². The van der Waals surface area contributed by atoms with Gasteiger partial charge in [-0.3, -0.25) is 4.79 Å². The number of hydrogen-bond acceptors (Lipinski definition) is 4. The van der Waals surface area contributed by atoms with Gasteiger partial charge in [-0.15, -0.1) is 0 Å². The van der Waals surface area contributed by atoms with Gasteiger partial charge in [0, 0.05) is 6.54 Å². The molecule has 0 bridgehead atoms. The molecule has 86 valence electrons. The Balaban J connectivity index is 3.34. The minimum absolute atomic E-state index is 0.195. The quantitative estimate of drug-likeness (QED) is 0.512. The zero-order valence-corrected chi connectivity index (χ0v) is 9.80. The number of nitrogens with zero attached hydrogens (tertiary/aromatic N) is 1. The number of methoxy groups -OCH3 is 1. The lowest BCUT2D eigenvalue weighted by atomic mass is 9.90. The molecule has 1 N–H and O–H groups in total. The van der Waals surface area contributed by atoms with E-state index in [0.29, 0.717) is 13.0 Å². The van der Waals surface area contributed by atoms with Gasteiger partial charge in [0.05, 0.1) is 25.0 Å². The van der Waals surface area contributed by atoms with Crippen molar-refractivity contribution in [2.24, 2.45) is 5.41 Å². The predicted octanol–water partition coefficient (Wildman–Crippen LogP) is 1.47. The number of carbonyl (C=O) groups excluding carboxylic acids is 1. The lowest BCUT2D eigenvalue weighted by Crippen LogP contribution is -2.21. The van der Waals surface area contributed by atoms with E-state index in [0.717, 1.165) is 19.4 Å². The van der Waals surface area contributed by atoms with Gasteiger partial charge in [0.15, 0.2) is 0 Å². The van der Waals surface area contributed by atoms with Crippen LogP contribution in [0, 0.1) is 16.7 Å². The lowest BCUT2D eigenvalue weighted by Gasteiger charge is -2.14. The fourth-order valence-electron chi connectivity index (χ4n) is 1.13. The number of nitriles is 1. The Hall–Kier alpha value is -1.08. The maximum Gasteiger partial charge on any atom is 0.306 e. The largest absolute Gasteiger partial charge is 0.469 e. The molecule has 0 aromatic rings. The molecule has 0 aromatic carbocycles. The molecule has 0 heterocycles. The number of carbonyl (C=O) groups is 1. The van der Waals surface area contributed by atoms with Crippen molar-refractivity contribution in [1.29, 1.82) is 5.26 Å². The molecule has 0 saturated carbocycles. The zero-order chi connectivity index (χ0) is 11.7. The smallest absolute Gasteiger partial charge is 0.306 e. The van der Waals surface area contributed by atoms with E-state index in [4.69, 9.17) is 5.26 Å². The number of hydrogen-bond donors (Lipinski definition) is 1.